The summed E-state index contributed by atoms with van der Waals surface area (Å²) in [6.45, 7) is 5.13. The molecule has 160 valence electrons. The molecule has 1 aliphatic rings. The van der Waals surface area contributed by atoms with Crippen molar-refractivity contribution < 1.29 is 9.90 Å². The first-order valence-corrected chi connectivity index (χ1v) is 10.9. The minimum Gasteiger partial charge on any atom is -0.393 e. The molecule has 0 unspecified atom stereocenters. The quantitative estimate of drug-likeness (QED) is 0.640. The molecule has 0 atom stereocenters. The normalized spacial score (nSPS) is 15.0. The van der Waals surface area contributed by atoms with Crippen LogP contribution >= 0.6 is 0 Å². The molecule has 1 fully saturated rings. The van der Waals surface area contributed by atoms with Crippen LogP contribution in [0.15, 0.2) is 66.7 Å². The highest BCUT2D eigenvalue weighted by molar-refractivity contribution is 5.95. The molecule has 3 aromatic rings. The van der Waals surface area contributed by atoms with Crippen LogP contribution in [0.1, 0.15) is 40.0 Å². The first-order valence-electron chi connectivity index (χ1n) is 10.9. The first kappa shape index (κ1) is 21.2. The zero-order chi connectivity index (χ0) is 21.6. The lowest BCUT2D eigenvalue weighted by Crippen LogP contribution is -2.35. The number of piperidine rings is 1. The molecule has 0 bridgehead atoms. The molecule has 0 radical (unpaired) electrons. The molecule has 5 heteroatoms. The number of likely N-dealkylation sites (tertiary alicyclic amines) is 1. The molecule has 2 aromatic carbocycles. The highest BCUT2D eigenvalue weighted by Crippen LogP contribution is 2.19. The SMILES string of the molecule is Cc1nc(-c2ccccc2)ccc1C(=O)NCc1ccc(CN2CCC(O)CC2)cc1. The summed E-state index contributed by atoms with van der Waals surface area (Å²) in [4.78, 5) is 19.6. The smallest absolute Gasteiger partial charge is 0.253 e. The predicted molar refractivity (Wildman–Crippen MR) is 123 cm³/mol. The van der Waals surface area contributed by atoms with Crippen LogP contribution in [0, 0.1) is 6.92 Å². The third-order valence-electron chi connectivity index (χ3n) is 5.84. The van der Waals surface area contributed by atoms with Crippen LogP contribution in [-0.4, -0.2) is 40.1 Å². The van der Waals surface area contributed by atoms with Crippen LogP contribution in [0.25, 0.3) is 11.3 Å². The molecule has 2 N–H and O–H groups in total. The summed E-state index contributed by atoms with van der Waals surface area (Å²) >= 11 is 0. The maximum absolute atomic E-state index is 12.7. The molecule has 2 heterocycles. The molecule has 1 amide bonds. The van der Waals surface area contributed by atoms with Gasteiger partial charge in [0.15, 0.2) is 0 Å². The van der Waals surface area contributed by atoms with E-state index in [2.05, 4.69) is 39.5 Å². The van der Waals surface area contributed by atoms with Crippen molar-refractivity contribution in [3.63, 3.8) is 0 Å². The van der Waals surface area contributed by atoms with Gasteiger partial charge in [0, 0.05) is 31.7 Å². The Hall–Kier alpha value is -3.02. The molecule has 1 aliphatic heterocycles. The second-order valence-corrected chi connectivity index (χ2v) is 8.20. The van der Waals surface area contributed by atoms with E-state index in [4.69, 9.17) is 0 Å². The van der Waals surface area contributed by atoms with Gasteiger partial charge in [0.05, 0.1) is 23.1 Å². The van der Waals surface area contributed by atoms with Crippen molar-refractivity contribution in [1.82, 2.24) is 15.2 Å². The van der Waals surface area contributed by atoms with E-state index in [1.165, 1.54) is 5.56 Å². The summed E-state index contributed by atoms with van der Waals surface area (Å²) in [6, 6.07) is 22.1. The lowest BCUT2D eigenvalue weighted by atomic mass is 10.1. The summed E-state index contributed by atoms with van der Waals surface area (Å²) < 4.78 is 0. The number of hydrogen-bond donors (Lipinski definition) is 2. The monoisotopic (exact) mass is 415 g/mol. The second kappa shape index (κ2) is 9.86. The number of nitrogens with one attached hydrogen (secondary N) is 1. The van der Waals surface area contributed by atoms with Crippen molar-refractivity contribution >= 4 is 5.91 Å². The number of aryl methyl sites for hydroxylation is 1. The van der Waals surface area contributed by atoms with Gasteiger partial charge in [-0.2, -0.15) is 0 Å². The van der Waals surface area contributed by atoms with Crippen molar-refractivity contribution in [2.45, 2.75) is 39.0 Å². The van der Waals surface area contributed by atoms with Gasteiger partial charge in [-0.15, -0.1) is 0 Å². The molecule has 5 nitrogen and oxygen atoms in total. The van der Waals surface area contributed by atoms with E-state index in [-0.39, 0.29) is 12.0 Å². The lowest BCUT2D eigenvalue weighted by molar-refractivity contribution is 0.0792. The van der Waals surface area contributed by atoms with Crippen molar-refractivity contribution in [3.05, 3.63) is 89.1 Å². The Kier molecular flexibility index (Phi) is 6.75. The first-order chi connectivity index (χ1) is 15.1. The van der Waals surface area contributed by atoms with E-state index in [9.17, 15) is 9.90 Å². The van der Waals surface area contributed by atoms with Crippen LogP contribution in [-0.2, 0) is 13.1 Å². The van der Waals surface area contributed by atoms with Crippen LogP contribution in [0.4, 0.5) is 0 Å². The molecule has 1 aromatic heterocycles. The highest BCUT2D eigenvalue weighted by Gasteiger charge is 2.17. The Labute approximate surface area is 183 Å². The largest absolute Gasteiger partial charge is 0.393 e. The number of aromatic nitrogens is 1. The number of aliphatic hydroxyl groups is 1. The van der Waals surface area contributed by atoms with E-state index >= 15 is 0 Å². The van der Waals surface area contributed by atoms with Gasteiger partial charge in [-0.1, -0.05) is 54.6 Å². The van der Waals surface area contributed by atoms with Gasteiger partial charge < -0.3 is 10.4 Å². The Morgan fingerprint density at radius 2 is 1.68 bits per heavy atom. The summed E-state index contributed by atoms with van der Waals surface area (Å²) in [5.41, 5.74) is 5.55. The number of benzene rings is 2. The van der Waals surface area contributed by atoms with Gasteiger partial charge in [-0.3, -0.25) is 14.7 Å². The standard InChI is InChI=1S/C26H29N3O2/c1-19-24(11-12-25(28-19)22-5-3-2-4-6-22)26(31)27-17-20-7-9-21(10-8-20)18-29-15-13-23(30)14-16-29/h2-12,23,30H,13-18H2,1H3,(H,27,31). The average Bonchev–Trinajstić information content (AvgIpc) is 2.80. The van der Waals surface area contributed by atoms with E-state index in [0.717, 1.165) is 55.0 Å². The highest BCUT2D eigenvalue weighted by atomic mass is 16.3. The van der Waals surface area contributed by atoms with Crippen LogP contribution in [0.2, 0.25) is 0 Å². The minimum atomic E-state index is -0.143. The van der Waals surface area contributed by atoms with Crippen molar-refractivity contribution in [2.75, 3.05) is 13.1 Å². The van der Waals surface area contributed by atoms with Gasteiger partial charge in [0.1, 0.15) is 0 Å². The van der Waals surface area contributed by atoms with E-state index in [1.54, 1.807) is 0 Å². The van der Waals surface area contributed by atoms with Gasteiger partial charge >= 0.3 is 0 Å². The molecular formula is C26H29N3O2. The van der Waals surface area contributed by atoms with Gasteiger partial charge in [0.2, 0.25) is 0 Å². The van der Waals surface area contributed by atoms with Crippen LogP contribution in [0.3, 0.4) is 0 Å². The number of aliphatic hydroxyl groups excluding tert-OH is 1. The van der Waals surface area contributed by atoms with Gasteiger partial charge in [0.25, 0.3) is 5.91 Å². The second-order valence-electron chi connectivity index (χ2n) is 8.20. The average molecular weight is 416 g/mol. The number of rotatable bonds is 6. The third-order valence-corrected chi connectivity index (χ3v) is 5.84. The zero-order valence-corrected chi connectivity index (χ0v) is 17.9. The molecule has 31 heavy (non-hydrogen) atoms. The molecule has 0 spiro atoms. The fraction of sp³-hybridized carbons (Fsp3) is 0.308. The third kappa shape index (κ3) is 5.57. The van der Waals surface area contributed by atoms with Gasteiger partial charge in [-0.25, -0.2) is 0 Å². The number of nitrogens with zero attached hydrogens (tertiary/aromatic N) is 2. The number of pyridine rings is 1. The number of hydrogen-bond acceptors (Lipinski definition) is 4. The predicted octanol–water partition coefficient (Wildman–Crippen LogP) is 3.94. The summed E-state index contributed by atoms with van der Waals surface area (Å²) in [5.74, 6) is -0.111. The lowest BCUT2D eigenvalue weighted by Gasteiger charge is -2.29. The Bertz CT molecular complexity index is 1010. The van der Waals surface area contributed by atoms with Crippen molar-refractivity contribution in [1.29, 1.82) is 0 Å². The number of amides is 1. The number of carbonyl (C=O) groups excluding carboxylic acids is 1. The summed E-state index contributed by atoms with van der Waals surface area (Å²) in [5, 5.41) is 12.6. The molecular weight excluding hydrogens is 386 g/mol. The fourth-order valence-electron chi connectivity index (χ4n) is 3.95. The molecule has 0 aliphatic carbocycles. The number of carbonyl (C=O) groups is 1. The maximum Gasteiger partial charge on any atom is 0.253 e. The fourth-order valence-corrected chi connectivity index (χ4v) is 3.95. The van der Waals surface area contributed by atoms with Gasteiger partial charge in [-0.05, 0) is 43.0 Å². The topological polar surface area (TPSA) is 65.5 Å². The molecule has 1 saturated heterocycles. The molecule has 4 rings (SSSR count). The summed E-state index contributed by atoms with van der Waals surface area (Å²) in [6.07, 6.45) is 1.56. The van der Waals surface area contributed by atoms with E-state index < -0.39 is 0 Å². The maximum atomic E-state index is 12.7. The summed E-state index contributed by atoms with van der Waals surface area (Å²) in [7, 11) is 0. The zero-order valence-electron chi connectivity index (χ0n) is 17.9. The Morgan fingerprint density at radius 1 is 1.00 bits per heavy atom. The van der Waals surface area contributed by atoms with E-state index in [0.29, 0.717) is 12.1 Å². The Balaban J connectivity index is 1.32. The van der Waals surface area contributed by atoms with Crippen molar-refractivity contribution in [3.8, 4) is 11.3 Å². The molecule has 0 saturated carbocycles. The minimum absolute atomic E-state index is 0.111. The van der Waals surface area contributed by atoms with Crippen molar-refractivity contribution in [2.24, 2.45) is 0 Å². The van der Waals surface area contributed by atoms with Crippen LogP contribution < -0.4 is 5.32 Å². The van der Waals surface area contributed by atoms with Crippen LogP contribution in [0.5, 0.6) is 0 Å². The van der Waals surface area contributed by atoms with E-state index in [1.807, 2.05) is 49.4 Å². The Morgan fingerprint density at radius 3 is 2.35 bits per heavy atom.